The van der Waals surface area contributed by atoms with Gasteiger partial charge in [0.2, 0.25) is 0 Å². The quantitative estimate of drug-likeness (QED) is 0.825. The lowest BCUT2D eigenvalue weighted by molar-refractivity contribution is 1.40. The van der Waals surface area contributed by atoms with Crippen molar-refractivity contribution < 1.29 is 0 Å². The van der Waals surface area contributed by atoms with E-state index >= 15 is 0 Å². The summed E-state index contributed by atoms with van der Waals surface area (Å²) in [5, 5.41) is 3.04. The first-order valence-electron chi connectivity index (χ1n) is 3.71. The molecule has 1 heterocycles. The molecule has 1 aromatic heterocycles. The summed E-state index contributed by atoms with van der Waals surface area (Å²) in [5.74, 6) is 0. The second-order valence-corrected chi connectivity index (χ2v) is 4.34. The number of hydrogen-bond donors (Lipinski definition) is 2. The first kappa shape index (κ1) is 8.77. The molecule has 68 valence electrons. The van der Waals surface area contributed by atoms with Crippen molar-refractivity contribution in [1.29, 1.82) is 0 Å². The predicted molar refractivity (Wildman–Crippen MR) is 59.7 cm³/mol. The largest absolute Gasteiger partial charge is 0.387 e. The third kappa shape index (κ3) is 1.38. The average molecular weight is 259 g/mol. The van der Waals surface area contributed by atoms with Gasteiger partial charge in [-0.05, 0) is 28.1 Å². The number of hydrogen-bond acceptors (Lipinski definition) is 3. The maximum Gasteiger partial charge on any atom is 0.305 e. The molecular formula is C8H7BrN2OS. The molecule has 0 saturated carbocycles. The van der Waals surface area contributed by atoms with Gasteiger partial charge < -0.3 is 10.3 Å². The Hall–Kier alpha value is -0.810. The molecule has 5 heteroatoms. The average Bonchev–Trinajstić information content (AvgIpc) is 2.47. The molecule has 3 nitrogen and oxygen atoms in total. The Labute approximate surface area is 86.9 Å². The Morgan fingerprint density at radius 1 is 1.54 bits per heavy atom. The molecule has 2 aromatic rings. The molecular weight excluding hydrogens is 252 g/mol. The fraction of sp³-hybridized carbons (Fsp3) is 0.125. The van der Waals surface area contributed by atoms with Crippen LogP contribution in [0.4, 0.5) is 5.69 Å². The predicted octanol–water partition coefficient (Wildman–Crippen LogP) is 2.39. The molecule has 0 spiro atoms. The van der Waals surface area contributed by atoms with Gasteiger partial charge in [0.1, 0.15) is 0 Å². The zero-order valence-corrected chi connectivity index (χ0v) is 9.25. The molecule has 0 aliphatic rings. The van der Waals surface area contributed by atoms with E-state index in [1.54, 1.807) is 0 Å². The first-order valence-corrected chi connectivity index (χ1v) is 5.32. The van der Waals surface area contributed by atoms with Gasteiger partial charge in [-0.2, -0.15) is 0 Å². The smallest absolute Gasteiger partial charge is 0.305 e. The molecule has 0 amide bonds. The minimum Gasteiger partial charge on any atom is -0.387 e. The van der Waals surface area contributed by atoms with Crippen LogP contribution in [-0.2, 0) is 0 Å². The van der Waals surface area contributed by atoms with Crippen LogP contribution < -0.4 is 10.2 Å². The molecule has 2 rings (SSSR count). The van der Waals surface area contributed by atoms with Crippen LogP contribution >= 0.6 is 27.3 Å². The zero-order valence-electron chi connectivity index (χ0n) is 6.85. The fourth-order valence-corrected chi connectivity index (χ4v) is 2.74. The number of rotatable bonds is 1. The van der Waals surface area contributed by atoms with Crippen LogP contribution in [0.5, 0.6) is 0 Å². The molecule has 0 atom stereocenters. The van der Waals surface area contributed by atoms with Gasteiger partial charge >= 0.3 is 4.87 Å². The molecule has 0 bridgehead atoms. The second kappa shape index (κ2) is 3.16. The third-order valence-electron chi connectivity index (χ3n) is 1.80. The number of aromatic nitrogens is 1. The number of H-pyrrole nitrogens is 1. The number of nitrogens with one attached hydrogen (secondary N) is 2. The zero-order chi connectivity index (χ0) is 9.42. The Bertz CT molecular complexity index is 502. The van der Waals surface area contributed by atoms with E-state index < -0.39 is 0 Å². The molecule has 0 fully saturated rings. The Morgan fingerprint density at radius 3 is 3.00 bits per heavy atom. The minimum atomic E-state index is -0.0241. The maximum atomic E-state index is 11.1. The molecule has 0 aliphatic carbocycles. The van der Waals surface area contributed by atoms with Crippen molar-refractivity contribution in [3.63, 3.8) is 0 Å². The highest BCUT2D eigenvalue weighted by Crippen LogP contribution is 2.31. The number of halogens is 1. The van der Waals surface area contributed by atoms with E-state index in [9.17, 15) is 4.79 Å². The normalized spacial score (nSPS) is 10.6. The van der Waals surface area contributed by atoms with E-state index in [0.717, 1.165) is 20.4 Å². The fourth-order valence-electron chi connectivity index (χ4n) is 1.18. The molecule has 13 heavy (non-hydrogen) atoms. The van der Waals surface area contributed by atoms with Crippen molar-refractivity contribution in [3.8, 4) is 0 Å². The van der Waals surface area contributed by atoms with Crippen molar-refractivity contribution in [3.05, 3.63) is 26.3 Å². The number of benzene rings is 1. The number of aromatic amines is 1. The van der Waals surface area contributed by atoms with Crippen molar-refractivity contribution in [2.75, 3.05) is 12.4 Å². The van der Waals surface area contributed by atoms with Gasteiger partial charge in [-0.1, -0.05) is 11.3 Å². The van der Waals surface area contributed by atoms with Gasteiger partial charge in [-0.15, -0.1) is 0 Å². The van der Waals surface area contributed by atoms with Crippen LogP contribution in [0, 0.1) is 0 Å². The van der Waals surface area contributed by atoms with Crippen LogP contribution in [0.25, 0.3) is 10.2 Å². The van der Waals surface area contributed by atoms with Crippen LogP contribution in [0.15, 0.2) is 21.4 Å². The molecule has 0 saturated heterocycles. The lowest BCUT2D eigenvalue weighted by atomic mass is 10.3. The molecule has 1 aromatic carbocycles. The summed E-state index contributed by atoms with van der Waals surface area (Å²) >= 11 is 4.65. The van der Waals surface area contributed by atoms with Gasteiger partial charge in [0.25, 0.3) is 0 Å². The van der Waals surface area contributed by atoms with Crippen molar-refractivity contribution in [2.45, 2.75) is 0 Å². The number of anilines is 1. The summed E-state index contributed by atoms with van der Waals surface area (Å²) in [6, 6.07) is 3.82. The van der Waals surface area contributed by atoms with E-state index in [4.69, 9.17) is 0 Å². The van der Waals surface area contributed by atoms with E-state index in [1.165, 1.54) is 11.3 Å². The van der Waals surface area contributed by atoms with E-state index in [1.807, 2.05) is 19.2 Å². The van der Waals surface area contributed by atoms with Crippen molar-refractivity contribution in [2.24, 2.45) is 0 Å². The lowest BCUT2D eigenvalue weighted by Crippen LogP contribution is -1.90. The standard InChI is InChI=1S/C8H7BrN2OS/c1-10-4-2-3-5-7(6(4)9)13-8(12)11-5/h2-3,10H,1H3,(H,11,12). The first-order chi connectivity index (χ1) is 6.22. The molecule has 0 unspecified atom stereocenters. The van der Waals surface area contributed by atoms with Crippen LogP contribution in [-0.4, -0.2) is 12.0 Å². The highest BCUT2D eigenvalue weighted by atomic mass is 79.9. The summed E-state index contributed by atoms with van der Waals surface area (Å²) in [6.07, 6.45) is 0. The summed E-state index contributed by atoms with van der Waals surface area (Å²) in [5.41, 5.74) is 1.86. The monoisotopic (exact) mass is 258 g/mol. The summed E-state index contributed by atoms with van der Waals surface area (Å²) in [7, 11) is 1.85. The Morgan fingerprint density at radius 2 is 2.31 bits per heavy atom. The van der Waals surface area contributed by atoms with E-state index in [2.05, 4.69) is 26.2 Å². The van der Waals surface area contributed by atoms with Gasteiger partial charge in [0.15, 0.2) is 0 Å². The van der Waals surface area contributed by atoms with Gasteiger partial charge in [-0.25, -0.2) is 0 Å². The highest BCUT2D eigenvalue weighted by molar-refractivity contribution is 9.10. The second-order valence-electron chi connectivity index (χ2n) is 2.57. The third-order valence-corrected chi connectivity index (χ3v) is 3.80. The van der Waals surface area contributed by atoms with Crippen LogP contribution in [0.2, 0.25) is 0 Å². The molecule has 2 N–H and O–H groups in total. The topological polar surface area (TPSA) is 44.9 Å². The minimum absolute atomic E-state index is 0.0241. The molecule has 0 aliphatic heterocycles. The lowest BCUT2D eigenvalue weighted by Gasteiger charge is -2.02. The number of fused-ring (bicyclic) bond motifs is 1. The van der Waals surface area contributed by atoms with Crippen molar-refractivity contribution >= 4 is 43.2 Å². The molecule has 0 radical (unpaired) electrons. The Balaban J connectivity index is 2.85. The van der Waals surface area contributed by atoms with Crippen LogP contribution in [0.1, 0.15) is 0 Å². The summed E-state index contributed by atoms with van der Waals surface area (Å²) in [6.45, 7) is 0. The van der Waals surface area contributed by atoms with Gasteiger partial charge in [0.05, 0.1) is 14.7 Å². The maximum absolute atomic E-state index is 11.1. The highest BCUT2D eigenvalue weighted by Gasteiger charge is 2.06. The summed E-state index contributed by atoms with van der Waals surface area (Å²) in [4.78, 5) is 13.8. The van der Waals surface area contributed by atoms with Gasteiger partial charge in [0, 0.05) is 12.7 Å². The van der Waals surface area contributed by atoms with Crippen molar-refractivity contribution in [1.82, 2.24) is 4.98 Å². The van der Waals surface area contributed by atoms with Gasteiger partial charge in [-0.3, -0.25) is 4.79 Å². The summed E-state index contributed by atoms with van der Waals surface area (Å²) < 4.78 is 1.90. The SMILES string of the molecule is CNc1ccc2[nH]c(=O)sc2c1Br. The van der Waals surface area contributed by atoms with Crippen LogP contribution in [0.3, 0.4) is 0 Å². The number of thiazole rings is 1. The van der Waals surface area contributed by atoms with E-state index in [-0.39, 0.29) is 4.87 Å². The Kier molecular flexibility index (Phi) is 2.13. The van der Waals surface area contributed by atoms with E-state index in [0.29, 0.717) is 0 Å².